The topological polar surface area (TPSA) is 85.1 Å². The summed E-state index contributed by atoms with van der Waals surface area (Å²) in [5.41, 5.74) is 2.08. The van der Waals surface area contributed by atoms with Crippen molar-refractivity contribution in [3.05, 3.63) is 60.0 Å². The number of hydrogen-bond donors (Lipinski definition) is 2. The number of rotatable bonds is 7. The lowest BCUT2D eigenvalue weighted by molar-refractivity contribution is 0.0389. The third-order valence-electron chi connectivity index (χ3n) is 5.41. The largest absolute Gasteiger partial charge is 0.381 e. The van der Waals surface area contributed by atoms with Gasteiger partial charge in [-0.25, -0.2) is 4.98 Å². The maximum Gasteiger partial charge on any atom is 0.258 e. The van der Waals surface area contributed by atoms with Crippen molar-refractivity contribution in [1.29, 1.82) is 0 Å². The van der Waals surface area contributed by atoms with Crippen LogP contribution >= 0.6 is 0 Å². The van der Waals surface area contributed by atoms with Crippen molar-refractivity contribution in [3.63, 3.8) is 0 Å². The van der Waals surface area contributed by atoms with E-state index >= 15 is 0 Å². The SMILES string of the molecule is Cc1noc(-c2ccnc(NCC3(NC(C)c4ccccc4)CCOCC3)c2)n1. The molecule has 1 unspecified atom stereocenters. The number of ether oxygens (including phenoxy) is 1. The zero-order chi connectivity index (χ0) is 20.1. The molecule has 3 aromatic rings. The van der Waals surface area contributed by atoms with Crippen LogP contribution in [-0.4, -0.2) is 40.4 Å². The normalized spacial score (nSPS) is 17.0. The summed E-state index contributed by atoms with van der Waals surface area (Å²) < 4.78 is 10.9. The molecule has 7 nitrogen and oxygen atoms in total. The first-order valence-corrected chi connectivity index (χ1v) is 10.0. The minimum absolute atomic E-state index is 0.0632. The van der Waals surface area contributed by atoms with Crippen molar-refractivity contribution in [2.45, 2.75) is 38.3 Å². The second-order valence-electron chi connectivity index (χ2n) is 7.60. The zero-order valence-electron chi connectivity index (χ0n) is 16.9. The van der Waals surface area contributed by atoms with E-state index in [1.165, 1.54) is 5.56 Å². The van der Waals surface area contributed by atoms with E-state index in [9.17, 15) is 0 Å². The van der Waals surface area contributed by atoms with Gasteiger partial charge in [-0.1, -0.05) is 35.5 Å². The smallest absolute Gasteiger partial charge is 0.258 e. The molecule has 3 heterocycles. The summed E-state index contributed by atoms with van der Waals surface area (Å²) in [6, 6.07) is 14.6. The van der Waals surface area contributed by atoms with Crippen LogP contribution in [-0.2, 0) is 4.74 Å². The number of aryl methyl sites for hydroxylation is 1. The first kappa shape index (κ1) is 19.5. The van der Waals surface area contributed by atoms with Gasteiger partial charge < -0.3 is 19.9 Å². The van der Waals surface area contributed by atoms with E-state index in [0.717, 1.165) is 44.0 Å². The van der Waals surface area contributed by atoms with E-state index in [1.807, 2.05) is 25.1 Å². The van der Waals surface area contributed by atoms with Crippen LogP contribution in [0.4, 0.5) is 5.82 Å². The lowest BCUT2D eigenvalue weighted by Crippen LogP contribution is -2.54. The lowest BCUT2D eigenvalue weighted by Gasteiger charge is -2.40. The van der Waals surface area contributed by atoms with Gasteiger partial charge in [-0.3, -0.25) is 0 Å². The predicted octanol–water partition coefficient (Wildman–Crippen LogP) is 3.75. The molecule has 1 atom stereocenters. The standard InChI is InChI=1S/C22H27N5O2/c1-16(18-6-4-3-5-7-18)26-22(9-12-28-13-10-22)15-24-20-14-19(8-11-23-20)21-25-17(2)27-29-21/h3-8,11,14,16,26H,9-10,12-13,15H2,1-2H3,(H,23,24). The van der Waals surface area contributed by atoms with E-state index in [0.29, 0.717) is 11.7 Å². The van der Waals surface area contributed by atoms with Crippen LogP contribution in [0.5, 0.6) is 0 Å². The molecule has 0 aliphatic carbocycles. The quantitative estimate of drug-likeness (QED) is 0.632. The van der Waals surface area contributed by atoms with Crippen molar-refractivity contribution < 1.29 is 9.26 Å². The fourth-order valence-electron chi connectivity index (χ4n) is 3.75. The Bertz CT molecular complexity index is 922. The highest BCUT2D eigenvalue weighted by atomic mass is 16.5. The first-order valence-electron chi connectivity index (χ1n) is 10.0. The molecule has 0 saturated carbocycles. The van der Waals surface area contributed by atoms with Crippen molar-refractivity contribution in [1.82, 2.24) is 20.4 Å². The van der Waals surface area contributed by atoms with Gasteiger partial charge in [0.1, 0.15) is 5.82 Å². The predicted molar refractivity (Wildman–Crippen MR) is 112 cm³/mol. The molecule has 0 amide bonds. The van der Waals surface area contributed by atoms with Crippen LogP contribution in [0.15, 0.2) is 53.2 Å². The third kappa shape index (κ3) is 4.81. The van der Waals surface area contributed by atoms with Crippen LogP contribution < -0.4 is 10.6 Å². The number of nitrogens with one attached hydrogen (secondary N) is 2. The molecular formula is C22H27N5O2. The number of benzene rings is 1. The lowest BCUT2D eigenvalue weighted by atomic mass is 9.88. The van der Waals surface area contributed by atoms with Crippen LogP contribution in [0.25, 0.3) is 11.5 Å². The van der Waals surface area contributed by atoms with Crippen molar-refractivity contribution >= 4 is 5.82 Å². The second kappa shape index (κ2) is 8.71. The van der Waals surface area contributed by atoms with Gasteiger partial charge in [0, 0.05) is 43.1 Å². The Kier molecular flexibility index (Phi) is 5.87. The van der Waals surface area contributed by atoms with Gasteiger partial charge in [0.05, 0.1) is 0 Å². The maximum atomic E-state index is 5.63. The van der Waals surface area contributed by atoms with E-state index in [1.54, 1.807) is 6.20 Å². The molecule has 7 heteroatoms. The number of pyridine rings is 1. The Morgan fingerprint density at radius 3 is 2.66 bits per heavy atom. The van der Waals surface area contributed by atoms with Crippen molar-refractivity contribution in [2.24, 2.45) is 0 Å². The molecule has 2 N–H and O–H groups in total. The van der Waals surface area contributed by atoms with E-state index in [4.69, 9.17) is 9.26 Å². The molecule has 0 spiro atoms. The average Bonchev–Trinajstić information content (AvgIpc) is 3.20. The summed E-state index contributed by atoms with van der Waals surface area (Å²) in [4.78, 5) is 8.76. The minimum Gasteiger partial charge on any atom is -0.381 e. The van der Waals surface area contributed by atoms with Crippen LogP contribution in [0, 0.1) is 6.92 Å². The molecule has 1 saturated heterocycles. The molecule has 1 aliphatic heterocycles. The number of anilines is 1. The molecule has 0 radical (unpaired) electrons. The number of aromatic nitrogens is 3. The Balaban J connectivity index is 1.47. The molecule has 152 valence electrons. The molecule has 2 aromatic heterocycles. The maximum absolute atomic E-state index is 5.63. The fraction of sp³-hybridized carbons (Fsp3) is 0.409. The van der Waals surface area contributed by atoms with E-state index in [2.05, 4.69) is 56.9 Å². The van der Waals surface area contributed by atoms with Gasteiger partial charge in [0.2, 0.25) is 0 Å². The summed E-state index contributed by atoms with van der Waals surface area (Å²) in [7, 11) is 0. The Morgan fingerprint density at radius 1 is 1.14 bits per heavy atom. The fourth-order valence-corrected chi connectivity index (χ4v) is 3.75. The molecule has 0 bridgehead atoms. The number of nitrogens with zero attached hydrogens (tertiary/aromatic N) is 3. The van der Waals surface area contributed by atoms with Crippen LogP contribution in [0.2, 0.25) is 0 Å². The van der Waals surface area contributed by atoms with Crippen molar-refractivity contribution in [3.8, 4) is 11.5 Å². The van der Waals surface area contributed by atoms with E-state index in [-0.39, 0.29) is 11.6 Å². The van der Waals surface area contributed by atoms with Gasteiger partial charge in [-0.05, 0) is 44.4 Å². The molecule has 4 rings (SSSR count). The van der Waals surface area contributed by atoms with Gasteiger partial charge in [0.15, 0.2) is 5.82 Å². The van der Waals surface area contributed by atoms with Crippen LogP contribution in [0.3, 0.4) is 0 Å². The second-order valence-corrected chi connectivity index (χ2v) is 7.60. The Morgan fingerprint density at radius 2 is 1.93 bits per heavy atom. The highest BCUT2D eigenvalue weighted by molar-refractivity contribution is 5.57. The Hall–Kier alpha value is -2.77. The van der Waals surface area contributed by atoms with Crippen molar-refractivity contribution in [2.75, 3.05) is 25.1 Å². The zero-order valence-corrected chi connectivity index (χ0v) is 16.9. The Labute approximate surface area is 170 Å². The average molecular weight is 393 g/mol. The first-order chi connectivity index (χ1) is 14.1. The highest BCUT2D eigenvalue weighted by Crippen LogP contribution is 2.27. The summed E-state index contributed by atoms with van der Waals surface area (Å²) in [5.74, 6) is 1.91. The van der Waals surface area contributed by atoms with E-state index < -0.39 is 0 Å². The minimum atomic E-state index is -0.0632. The molecule has 1 aliphatic rings. The summed E-state index contributed by atoms with van der Waals surface area (Å²) in [6.07, 6.45) is 3.65. The molecule has 1 fully saturated rings. The summed E-state index contributed by atoms with van der Waals surface area (Å²) in [6.45, 7) is 6.29. The highest BCUT2D eigenvalue weighted by Gasteiger charge is 2.34. The summed E-state index contributed by atoms with van der Waals surface area (Å²) >= 11 is 0. The molecular weight excluding hydrogens is 366 g/mol. The summed E-state index contributed by atoms with van der Waals surface area (Å²) in [5, 5.41) is 11.2. The third-order valence-corrected chi connectivity index (χ3v) is 5.41. The monoisotopic (exact) mass is 393 g/mol. The van der Waals surface area contributed by atoms with Gasteiger partial charge in [0.25, 0.3) is 5.89 Å². The van der Waals surface area contributed by atoms with Crippen LogP contribution in [0.1, 0.15) is 37.2 Å². The number of hydrogen-bond acceptors (Lipinski definition) is 7. The molecule has 29 heavy (non-hydrogen) atoms. The van der Waals surface area contributed by atoms with Gasteiger partial charge >= 0.3 is 0 Å². The molecule has 1 aromatic carbocycles. The van der Waals surface area contributed by atoms with Gasteiger partial charge in [-0.15, -0.1) is 0 Å². The van der Waals surface area contributed by atoms with Gasteiger partial charge in [-0.2, -0.15) is 4.98 Å².